The van der Waals surface area contributed by atoms with Crippen LogP contribution in [0, 0.1) is 0 Å². The molecule has 1 saturated heterocycles. The van der Waals surface area contributed by atoms with Gasteiger partial charge >= 0.3 is 12.0 Å². The number of hydrogen-bond acceptors (Lipinski definition) is 3. The highest BCUT2D eigenvalue weighted by Gasteiger charge is 2.34. The first-order valence-electron chi connectivity index (χ1n) is 5.89. The number of aromatic amines is 1. The van der Waals surface area contributed by atoms with Crippen molar-refractivity contribution in [3.8, 4) is 0 Å². The highest BCUT2D eigenvalue weighted by atomic mass is 16.4. The molecule has 2 amide bonds. The number of nitrogens with zero attached hydrogens (tertiary/aromatic N) is 2. The summed E-state index contributed by atoms with van der Waals surface area (Å²) < 4.78 is 0. The molecule has 0 aromatic carbocycles. The second kappa shape index (κ2) is 5.07. The summed E-state index contributed by atoms with van der Waals surface area (Å²) in [6.45, 7) is 2.27. The zero-order chi connectivity index (χ0) is 13.1. The van der Waals surface area contributed by atoms with Crippen LogP contribution in [0.1, 0.15) is 31.6 Å². The summed E-state index contributed by atoms with van der Waals surface area (Å²) >= 11 is 0. The van der Waals surface area contributed by atoms with Crippen molar-refractivity contribution >= 4 is 12.0 Å². The highest BCUT2D eigenvalue weighted by Crippen LogP contribution is 2.18. The van der Waals surface area contributed by atoms with Crippen LogP contribution in [0.2, 0.25) is 0 Å². The lowest BCUT2D eigenvalue weighted by Crippen LogP contribution is -2.46. The third-order valence-corrected chi connectivity index (χ3v) is 3.07. The third-order valence-electron chi connectivity index (χ3n) is 3.07. The highest BCUT2D eigenvalue weighted by molar-refractivity contribution is 5.83. The van der Waals surface area contributed by atoms with E-state index in [1.54, 1.807) is 19.3 Å². The molecule has 7 nitrogen and oxygen atoms in total. The fourth-order valence-electron chi connectivity index (χ4n) is 2.12. The fourth-order valence-corrected chi connectivity index (χ4v) is 2.12. The minimum atomic E-state index is -0.951. The van der Waals surface area contributed by atoms with E-state index in [2.05, 4.69) is 15.3 Å². The predicted octanol–water partition coefficient (Wildman–Crippen LogP) is 0.729. The van der Waals surface area contributed by atoms with Crippen LogP contribution in [0.3, 0.4) is 0 Å². The van der Waals surface area contributed by atoms with E-state index < -0.39 is 12.0 Å². The second-order valence-corrected chi connectivity index (χ2v) is 4.34. The summed E-state index contributed by atoms with van der Waals surface area (Å²) in [6.07, 6.45) is 4.51. The third kappa shape index (κ3) is 2.44. The van der Waals surface area contributed by atoms with Crippen LogP contribution in [0.25, 0.3) is 0 Å². The van der Waals surface area contributed by atoms with E-state index in [1.165, 1.54) is 4.90 Å². The van der Waals surface area contributed by atoms with Crippen LogP contribution in [-0.2, 0) is 4.79 Å². The number of aromatic nitrogens is 2. The number of rotatable bonds is 3. The average molecular weight is 252 g/mol. The number of likely N-dealkylation sites (tertiary alicyclic amines) is 1. The molecule has 2 rings (SSSR count). The van der Waals surface area contributed by atoms with Gasteiger partial charge in [0.2, 0.25) is 0 Å². The first kappa shape index (κ1) is 12.4. The molecular formula is C11H16N4O3. The number of carbonyl (C=O) groups excluding carboxylic acids is 1. The number of imidazole rings is 1. The first-order chi connectivity index (χ1) is 8.59. The van der Waals surface area contributed by atoms with Gasteiger partial charge in [-0.25, -0.2) is 14.6 Å². The summed E-state index contributed by atoms with van der Waals surface area (Å²) in [4.78, 5) is 31.3. The van der Waals surface area contributed by atoms with Crippen molar-refractivity contribution in [1.29, 1.82) is 0 Å². The van der Waals surface area contributed by atoms with Crippen molar-refractivity contribution < 1.29 is 14.7 Å². The van der Waals surface area contributed by atoms with Gasteiger partial charge in [0.25, 0.3) is 0 Å². The van der Waals surface area contributed by atoms with Crippen LogP contribution < -0.4 is 5.32 Å². The quantitative estimate of drug-likeness (QED) is 0.738. The smallest absolute Gasteiger partial charge is 0.326 e. The van der Waals surface area contributed by atoms with Crippen molar-refractivity contribution in [2.45, 2.75) is 31.8 Å². The lowest BCUT2D eigenvalue weighted by Gasteiger charge is -2.23. The standard InChI is InChI=1S/C11H16N4O3/c1-7(9-12-4-5-13-9)14-11(18)15-6-2-3-8(15)10(16)17/h4-5,7-8H,2-3,6H2,1H3,(H,12,13)(H,14,18)(H,16,17)/t7?,8-/m0/s1. The van der Waals surface area contributed by atoms with Gasteiger partial charge in [-0.15, -0.1) is 0 Å². The molecule has 0 spiro atoms. The van der Waals surface area contributed by atoms with Crippen LogP contribution >= 0.6 is 0 Å². The molecule has 1 aromatic rings. The lowest BCUT2D eigenvalue weighted by molar-refractivity contribution is -0.141. The Labute approximate surface area is 104 Å². The maximum atomic E-state index is 12.0. The Morgan fingerprint density at radius 2 is 2.44 bits per heavy atom. The predicted molar refractivity (Wildman–Crippen MR) is 62.9 cm³/mol. The molecule has 1 aliphatic heterocycles. The number of urea groups is 1. The molecule has 1 aromatic heterocycles. The number of carboxylic acids is 1. The Morgan fingerprint density at radius 1 is 1.67 bits per heavy atom. The van der Waals surface area contributed by atoms with Gasteiger partial charge in [0.05, 0.1) is 6.04 Å². The molecule has 0 bridgehead atoms. The Bertz CT molecular complexity index is 432. The minimum Gasteiger partial charge on any atom is -0.480 e. The molecular weight excluding hydrogens is 236 g/mol. The number of aliphatic carboxylic acids is 1. The number of nitrogens with one attached hydrogen (secondary N) is 2. The van der Waals surface area contributed by atoms with Gasteiger partial charge in [-0.2, -0.15) is 0 Å². The van der Waals surface area contributed by atoms with Gasteiger partial charge in [-0.05, 0) is 19.8 Å². The van der Waals surface area contributed by atoms with E-state index >= 15 is 0 Å². The van der Waals surface area contributed by atoms with Crippen LogP contribution in [0.15, 0.2) is 12.4 Å². The fraction of sp³-hybridized carbons (Fsp3) is 0.545. The van der Waals surface area contributed by atoms with Crippen molar-refractivity contribution in [1.82, 2.24) is 20.2 Å². The molecule has 3 N–H and O–H groups in total. The summed E-state index contributed by atoms with van der Waals surface area (Å²) in [5.74, 6) is -0.303. The van der Waals surface area contributed by atoms with E-state index in [-0.39, 0.29) is 12.1 Å². The van der Waals surface area contributed by atoms with E-state index in [1.807, 2.05) is 0 Å². The van der Waals surface area contributed by atoms with Gasteiger partial charge in [-0.1, -0.05) is 0 Å². The number of hydrogen-bond donors (Lipinski definition) is 3. The summed E-state index contributed by atoms with van der Waals surface area (Å²) in [6, 6.07) is -1.35. The molecule has 1 fully saturated rings. The average Bonchev–Trinajstić information content (AvgIpc) is 3.00. The molecule has 98 valence electrons. The Kier molecular flexibility index (Phi) is 3.50. The van der Waals surface area contributed by atoms with E-state index in [9.17, 15) is 9.59 Å². The molecule has 0 radical (unpaired) electrons. The first-order valence-corrected chi connectivity index (χ1v) is 5.89. The molecule has 7 heteroatoms. The Morgan fingerprint density at radius 3 is 3.06 bits per heavy atom. The van der Waals surface area contributed by atoms with Gasteiger partial charge < -0.3 is 20.3 Å². The van der Waals surface area contributed by atoms with E-state index in [4.69, 9.17) is 5.11 Å². The lowest BCUT2D eigenvalue weighted by atomic mass is 10.2. The molecule has 2 atom stereocenters. The maximum absolute atomic E-state index is 12.0. The SMILES string of the molecule is CC(NC(=O)N1CCC[C@H]1C(=O)O)c1ncc[nH]1. The minimum absolute atomic E-state index is 0.275. The van der Waals surface area contributed by atoms with Crippen LogP contribution in [-0.4, -0.2) is 44.6 Å². The molecule has 0 aliphatic carbocycles. The van der Waals surface area contributed by atoms with Crippen molar-refractivity contribution in [3.63, 3.8) is 0 Å². The zero-order valence-corrected chi connectivity index (χ0v) is 10.1. The normalized spacial score (nSPS) is 20.7. The summed E-state index contributed by atoms with van der Waals surface area (Å²) in [5, 5.41) is 11.7. The van der Waals surface area contributed by atoms with Crippen molar-refractivity contribution in [2.75, 3.05) is 6.54 Å². The number of H-pyrrole nitrogens is 1. The molecule has 2 heterocycles. The number of carboxylic acid groups (broad SMARTS) is 1. The van der Waals surface area contributed by atoms with Gasteiger partial charge in [0.15, 0.2) is 0 Å². The van der Waals surface area contributed by atoms with E-state index in [0.717, 1.165) is 6.42 Å². The monoisotopic (exact) mass is 252 g/mol. The summed E-state index contributed by atoms with van der Waals surface area (Å²) in [7, 11) is 0. The van der Waals surface area contributed by atoms with Gasteiger partial charge in [-0.3, -0.25) is 0 Å². The molecule has 1 unspecified atom stereocenters. The van der Waals surface area contributed by atoms with Crippen LogP contribution in [0.4, 0.5) is 4.79 Å². The molecule has 1 aliphatic rings. The van der Waals surface area contributed by atoms with Crippen molar-refractivity contribution in [3.05, 3.63) is 18.2 Å². The number of carbonyl (C=O) groups is 2. The second-order valence-electron chi connectivity index (χ2n) is 4.34. The largest absolute Gasteiger partial charge is 0.480 e. The maximum Gasteiger partial charge on any atom is 0.326 e. The van der Waals surface area contributed by atoms with E-state index in [0.29, 0.717) is 18.8 Å². The molecule has 0 saturated carbocycles. The van der Waals surface area contributed by atoms with Gasteiger partial charge in [0, 0.05) is 18.9 Å². The van der Waals surface area contributed by atoms with Crippen molar-refractivity contribution in [2.24, 2.45) is 0 Å². The zero-order valence-electron chi connectivity index (χ0n) is 10.1. The topological polar surface area (TPSA) is 98.3 Å². The number of amides is 2. The van der Waals surface area contributed by atoms with Gasteiger partial charge in [0.1, 0.15) is 11.9 Å². The Hall–Kier alpha value is -2.05. The molecule has 18 heavy (non-hydrogen) atoms. The summed E-state index contributed by atoms with van der Waals surface area (Å²) in [5.41, 5.74) is 0. The Balaban J connectivity index is 1.97. The van der Waals surface area contributed by atoms with Crippen LogP contribution in [0.5, 0.6) is 0 Å².